The van der Waals surface area contributed by atoms with Crippen LogP contribution < -0.4 is 0 Å². The van der Waals surface area contributed by atoms with Gasteiger partial charge in [0.15, 0.2) is 5.78 Å². The van der Waals surface area contributed by atoms with Gasteiger partial charge in [-0.2, -0.15) is 0 Å². The molecule has 1 aromatic heterocycles. The van der Waals surface area contributed by atoms with Gasteiger partial charge in [-0.25, -0.2) is 4.79 Å². The fraction of sp³-hybridized carbons (Fsp3) is 0.333. The van der Waals surface area contributed by atoms with Gasteiger partial charge < -0.3 is 14.1 Å². The molecule has 1 aliphatic carbocycles. The minimum absolute atomic E-state index is 0.0530. The number of nitrogens with zero attached hydrogens (tertiary/aromatic N) is 1. The molecule has 3 heterocycles. The largest absolute Gasteiger partial charge is 0.472 e. The standard InChI is InChI=1S/C27H25NO4/c29-26(17-11-12-31-15-17)18-13-19-9-10-20(14-18)28(19)27(30)32-16-25-23-7-3-1-5-21(23)22-6-2-4-8-24(22)25/h1-8,11-12,15,18-20,25H,9-10,13-14,16H2. The van der Waals surface area contributed by atoms with Crippen LogP contribution in [0.4, 0.5) is 4.79 Å². The smallest absolute Gasteiger partial charge is 0.410 e. The SMILES string of the molecule is O=C(c1ccoc1)C1CC2CCC(C1)N2C(=O)OCC1c2ccccc2-c2ccccc21. The molecule has 3 aliphatic rings. The van der Waals surface area contributed by atoms with E-state index in [1.165, 1.54) is 34.8 Å². The maximum atomic E-state index is 13.1. The predicted molar refractivity (Wildman–Crippen MR) is 119 cm³/mol. The monoisotopic (exact) mass is 427 g/mol. The number of piperidine rings is 1. The Labute approximate surface area is 187 Å². The van der Waals surface area contributed by atoms with Crippen LogP contribution in [0.2, 0.25) is 0 Å². The van der Waals surface area contributed by atoms with Crippen molar-refractivity contribution in [3.05, 3.63) is 83.8 Å². The minimum Gasteiger partial charge on any atom is -0.472 e. The second-order valence-corrected chi connectivity index (χ2v) is 9.14. The Balaban J connectivity index is 1.16. The molecule has 2 unspecified atom stereocenters. The van der Waals surface area contributed by atoms with E-state index in [-0.39, 0.29) is 35.8 Å². The van der Waals surface area contributed by atoms with Crippen molar-refractivity contribution in [2.45, 2.75) is 43.7 Å². The summed E-state index contributed by atoms with van der Waals surface area (Å²) in [5.41, 5.74) is 5.51. The zero-order valence-electron chi connectivity index (χ0n) is 17.8. The van der Waals surface area contributed by atoms with E-state index in [1.807, 2.05) is 17.0 Å². The van der Waals surface area contributed by atoms with Gasteiger partial charge in [0.1, 0.15) is 12.9 Å². The number of fused-ring (bicyclic) bond motifs is 5. The Kier molecular flexibility index (Phi) is 4.63. The van der Waals surface area contributed by atoms with Crippen molar-refractivity contribution in [1.29, 1.82) is 0 Å². The van der Waals surface area contributed by atoms with E-state index in [0.29, 0.717) is 25.0 Å². The molecule has 5 nitrogen and oxygen atoms in total. The van der Waals surface area contributed by atoms with Crippen molar-refractivity contribution in [2.75, 3.05) is 6.61 Å². The van der Waals surface area contributed by atoms with E-state index in [2.05, 4.69) is 36.4 Å². The van der Waals surface area contributed by atoms with Gasteiger partial charge in [-0.1, -0.05) is 48.5 Å². The Morgan fingerprint density at radius 1 is 0.906 bits per heavy atom. The minimum atomic E-state index is -0.242. The Bertz CT molecular complexity index is 1110. The summed E-state index contributed by atoms with van der Waals surface area (Å²) in [5, 5.41) is 0. The summed E-state index contributed by atoms with van der Waals surface area (Å²) in [4.78, 5) is 27.9. The van der Waals surface area contributed by atoms with Crippen LogP contribution in [0.3, 0.4) is 0 Å². The van der Waals surface area contributed by atoms with Crippen LogP contribution in [0.15, 0.2) is 71.5 Å². The molecule has 6 rings (SSSR count). The molecule has 2 aromatic carbocycles. The molecule has 5 heteroatoms. The fourth-order valence-corrected chi connectivity index (χ4v) is 6.00. The van der Waals surface area contributed by atoms with Crippen LogP contribution in [0.1, 0.15) is 53.1 Å². The van der Waals surface area contributed by atoms with Gasteiger partial charge in [-0.3, -0.25) is 4.79 Å². The fourth-order valence-electron chi connectivity index (χ4n) is 6.00. The number of hydrogen-bond acceptors (Lipinski definition) is 4. The summed E-state index contributed by atoms with van der Waals surface area (Å²) in [6, 6.07) is 18.6. The van der Waals surface area contributed by atoms with Crippen LogP contribution in [0.25, 0.3) is 11.1 Å². The van der Waals surface area contributed by atoms with Gasteiger partial charge >= 0.3 is 6.09 Å². The molecule has 0 N–H and O–H groups in total. The van der Waals surface area contributed by atoms with E-state index in [0.717, 1.165) is 12.8 Å². The first-order valence-electron chi connectivity index (χ1n) is 11.4. The van der Waals surface area contributed by atoms with Crippen molar-refractivity contribution in [3.8, 4) is 11.1 Å². The number of benzene rings is 2. The molecule has 3 aromatic rings. The van der Waals surface area contributed by atoms with Crippen molar-refractivity contribution in [1.82, 2.24) is 4.90 Å². The van der Waals surface area contributed by atoms with Gasteiger partial charge in [0.25, 0.3) is 0 Å². The maximum absolute atomic E-state index is 13.1. The second kappa shape index (κ2) is 7.66. The number of amides is 1. The zero-order chi connectivity index (χ0) is 21.7. The second-order valence-electron chi connectivity index (χ2n) is 9.14. The summed E-state index contributed by atoms with van der Waals surface area (Å²) >= 11 is 0. The van der Waals surface area contributed by atoms with E-state index in [9.17, 15) is 9.59 Å². The van der Waals surface area contributed by atoms with Crippen LogP contribution in [-0.4, -0.2) is 35.5 Å². The number of hydrogen-bond donors (Lipinski definition) is 0. The summed E-state index contributed by atoms with van der Waals surface area (Å²) in [6.07, 6.45) is 6.08. The number of furan rings is 1. The Morgan fingerprint density at radius 2 is 1.53 bits per heavy atom. The highest BCUT2D eigenvalue weighted by Crippen LogP contribution is 2.45. The third-order valence-electron chi connectivity index (χ3n) is 7.46. The molecule has 1 amide bonds. The van der Waals surface area contributed by atoms with Crippen LogP contribution >= 0.6 is 0 Å². The summed E-state index contributed by atoms with van der Waals surface area (Å²) in [6.45, 7) is 0.334. The number of carbonyl (C=O) groups excluding carboxylic acids is 2. The van der Waals surface area contributed by atoms with Gasteiger partial charge in [0, 0.05) is 23.9 Å². The molecular formula is C27H25NO4. The van der Waals surface area contributed by atoms with E-state index < -0.39 is 0 Å². The lowest BCUT2D eigenvalue weighted by Gasteiger charge is -2.37. The highest BCUT2D eigenvalue weighted by molar-refractivity contribution is 5.97. The van der Waals surface area contributed by atoms with Gasteiger partial charge in [0.2, 0.25) is 0 Å². The van der Waals surface area contributed by atoms with Gasteiger partial charge in [0.05, 0.1) is 11.8 Å². The third-order valence-corrected chi connectivity index (χ3v) is 7.46. The topological polar surface area (TPSA) is 59.8 Å². The summed E-state index contributed by atoms with van der Waals surface area (Å²) < 4.78 is 11.0. The molecule has 162 valence electrons. The molecule has 2 saturated heterocycles. The lowest BCUT2D eigenvalue weighted by atomic mass is 9.85. The Hall–Kier alpha value is -3.34. The third kappa shape index (κ3) is 3.07. The van der Waals surface area contributed by atoms with E-state index >= 15 is 0 Å². The van der Waals surface area contributed by atoms with E-state index in [4.69, 9.17) is 9.15 Å². The lowest BCUT2D eigenvalue weighted by Crippen LogP contribution is -2.48. The van der Waals surface area contributed by atoms with Crippen molar-refractivity contribution >= 4 is 11.9 Å². The summed E-state index contributed by atoms with van der Waals surface area (Å²) in [7, 11) is 0. The normalized spacial score (nSPS) is 23.6. The highest BCUT2D eigenvalue weighted by atomic mass is 16.6. The maximum Gasteiger partial charge on any atom is 0.410 e. The average Bonchev–Trinajstić information content (AvgIpc) is 3.53. The van der Waals surface area contributed by atoms with Crippen LogP contribution in [-0.2, 0) is 4.74 Å². The molecule has 0 radical (unpaired) electrons. The highest BCUT2D eigenvalue weighted by Gasteiger charge is 2.46. The predicted octanol–water partition coefficient (Wildman–Crippen LogP) is 5.65. The van der Waals surface area contributed by atoms with Crippen molar-refractivity contribution in [3.63, 3.8) is 0 Å². The molecule has 2 aliphatic heterocycles. The van der Waals surface area contributed by atoms with Gasteiger partial charge in [-0.15, -0.1) is 0 Å². The molecule has 2 bridgehead atoms. The van der Waals surface area contributed by atoms with Crippen molar-refractivity contribution in [2.24, 2.45) is 5.92 Å². The summed E-state index contributed by atoms with van der Waals surface area (Å²) in [5.74, 6) is 0.134. The van der Waals surface area contributed by atoms with E-state index in [1.54, 1.807) is 6.07 Å². The molecule has 32 heavy (non-hydrogen) atoms. The number of carbonyl (C=O) groups is 2. The molecule has 2 atom stereocenters. The Morgan fingerprint density at radius 3 is 2.12 bits per heavy atom. The lowest BCUT2D eigenvalue weighted by molar-refractivity contribution is 0.0505. The number of rotatable bonds is 4. The van der Waals surface area contributed by atoms with Gasteiger partial charge in [-0.05, 0) is 54.0 Å². The quantitative estimate of drug-likeness (QED) is 0.505. The molecule has 2 fully saturated rings. The molecule has 0 saturated carbocycles. The van der Waals surface area contributed by atoms with Crippen LogP contribution in [0, 0.1) is 5.92 Å². The number of ketones is 1. The number of Topliss-reactive ketones (excluding diaryl/α,β-unsaturated/α-hetero) is 1. The average molecular weight is 428 g/mol. The first-order chi connectivity index (χ1) is 15.7. The molecule has 0 spiro atoms. The van der Waals surface area contributed by atoms with Crippen LogP contribution in [0.5, 0.6) is 0 Å². The number of ether oxygens (including phenoxy) is 1. The zero-order valence-corrected chi connectivity index (χ0v) is 17.8. The first-order valence-corrected chi connectivity index (χ1v) is 11.4. The molecular weight excluding hydrogens is 402 g/mol. The van der Waals surface area contributed by atoms with Crippen molar-refractivity contribution < 1.29 is 18.7 Å². The first kappa shape index (κ1) is 19.4.